The molecule has 1 fully saturated rings. The lowest BCUT2D eigenvalue weighted by Crippen LogP contribution is -2.33. The van der Waals surface area contributed by atoms with Gasteiger partial charge in [-0.25, -0.2) is 4.79 Å². The van der Waals surface area contributed by atoms with Crippen molar-refractivity contribution in [3.63, 3.8) is 0 Å². The van der Waals surface area contributed by atoms with E-state index >= 15 is 0 Å². The summed E-state index contributed by atoms with van der Waals surface area (Å²) in [5.74, 6) is -1.80. The third kappa shape index (κ3) is 2.51. The molecule has 0 spiro atoms. The summed E-state index contributed by atoms with van der Waals surface area (Å²) in [5.41, 5.74) is 0. The second kappa shape index (κ2) is 4.92. The number of nitrogens with zero attached hydrogens (tertiary/aromatic N) is 2. The van der Waals surface area contributed by atoms with Gasteiger partial charge in [-0.15, -0.1) is 0 Å². The fraction of sp³-hybridized carbons (Fsp3) is 0.417. The molecular weight excluding hydrogens is 236 g/mol. The molecule has 6 nitrogen and oxygen atoms in total. The van der Waals surface area contributed by atoms with Crippen molar-refractivity contribution in [3.05, 3.63) is 23.7 Å². The van der Waals surface area contributed by atoms with Gasteiger partial charge in [-0.2, -0.15) is 5.26 Å². The highest BCUT2D eigenvalue weighted by Crippen LogP contribution is 2.28. The van der Waals surface area contributed by atoms with Crippen LogP contribution in [-0.2, 0) is 0 Å². The van der Waals surface area contributed by atoms with Crippen molar-refractivity contribution in [2.24, 2.45) is 0 Å². The smallest absolute Gasteiger partial charge is 0.371 e. The predicted molar refractivity (Wildman–Crippen MR) is 60.0 cm³/mol. The molecule has 0 bridgehead atoms. The second-order valence-electron chi connectivity index (χ2n) is 4.11. The van der Waals surface area contributed by atoms with Gasteiger partial charge in [-0.05, 0) is 25.0 Å². The van der Waals surface area contributed by atoms with Crippen molar-refractivity contribution >= 4 is 11.9 Å². The van der Waals surface area contributed by atoms with Gasteiger partial charge < -0.3 is 14.4 Å². The minimum absolute atomic E-state index is 0.0113. The first-order chi connectivity index (χ1) is 8.63. The maximum Gasteiger partial charge on any atom is 0.371 e. The third-order valence-electron chi connectivity index (χ3n) is 2.74. The first-order valence-electron chi connectivity index (χ1n) is 5.64. The molecule has 0 atom stereocenters. The Balaban J connectivity index is 2.11. The summed E-state index contributed by atoms with van der Waals surface area (Å²) in [7, 11) is 0. The van der Waals surface area contributed by atoms with Gasteiger partial charge in [0.2, 0.25) is 5.76 Å². The lowest BCUT2D eigenvalue weighted by atomic mass is 10.3. The molecule has 1 N–H and O–H groups in total. The Morgan fingerprint density at radius 2 is 2.11 bits per heavy atom. The van der Waals surface area contributed by atoms with Crippen molar-refractivity contribution in [1.82, 2.24) is 4.90 Å². The normalized spacial score (nSPS) is 13.9. The second-order valence-corrected chi connectivity index (χ2v) is 4.11. The molecule has 1 saturated carbocycles. The van der Waals surface area contributed by atoms with E-state index < -0.39 is 5.97 Å². The molecule has 1 amide bonds. The average molecular weight is 248 g/mol. The Morgan fingerprint density at radius 3 is 2.61 bits per heavy atom. The number of nitriles is 1. The van der Waals surface area contributed by atoms with Crippen LogP contribution in [0.1, 0.15) is 40.4 Å². The standard InChI is InChI=1S/C12H12N2O4/c13-6-1-7-14(8-2-3-8)11(15)9-4-5-10(18-9)12(16)17/h4-5,8H,1-3,7H2,(H,16,17). The molecule has 1 aliphatic carbocycles. The maximum atomic E-state index is 12.1. The molecule has 2 rings (SSSR count). The van der Waals surface area contributed by atoms with E-state index in [1.807, 2.05) is 6.07 Å². The first-order valence-corrected chi connectivity index (χ1v) is 5.64. The molecular formula is C12H12N2O4. The summed E-state index contributed by atoms with van der Waals surface area (Å²) in [5, 5.41) is 17.3. The number of carbonyl (C=O) groups is 2. The molecule has 1 heterocycles. The van der Waals surface area contributed by atoms with Crippen LogP contribution in [0.15, 0.2) is 16.5 Å². The highest BCUT2D eigenvalue weighted by atomic mass is 16.4. The molecule has 0 saturated heterocycles. The predicted octanol–water partition coefficient (Wildman–Crippen LogP) is 1.50. The van der Waals surface area contributed by atoms with Crippen molar-refractivity contribution < 1.29 is 19.1 Å². The van der Waals surface area contributed by atoms with Crippen molar-refractivity contribution in [3.8, 4) is 6.07 Å². The summed E-state index contributed by atoms with van der Waals surface area (Å²) in [6.45, 7) is 0.350. The average Bonchev–Trinajstić information content (AvgIpc) is 3.05. The number of aromatic carboxylic acids is 1. The summed E-state index contributed by atoms with van der Waals surface area (Å²) in [4.78, 5) is 24.3. The van der Waals surface area contributed by atoms with Crippen LogP contribution in [0, 0.1) is 11.3 Å². The topological polar surface area (TPSA) is 94.5 Å². The van der Waals surface area contributed by atoms with Crippen LogP contribution in [0.2, 0.25) is 0 Å². The third-order valence-corrected chi connectivity index (χ3v) is 2.74. The molecule has 94 valence electrons. The number of amides is 1. The molecule has 0 radical (unpaired) electrons. The van der Waals surface area contributed by atoms with Crippen LogP contribution >= 0.6 is 0 Å². The van der Waals surface area contributed by atoms with Gasteiger partial charge in [0.05, 0.1) is 12.5 Å². The molecule has 1 aromatic heterocycles. The SMILES string of the molecule is N#CCCN(C(=O)c1ccc(C(=O)O)o1)C1CC1. The number of hydrogen-bond acceptors (Lipinski definition) is 4. The van der Waals surface area contributed by atoms with E-state index in [9.17, 15) is 9.59 Å². The summed E-state index contributed by atoms with van der Waals surface area (Å²) in [6.07, 6.45) is 2.10. The molecule has 0 aromatic carbocycles. The zero-order chi connectivity index (χ0) is 13.1. The van der Waals surface area contributed by atoms with E-state index in [4.69, 9.17) is 14.8 Å². The van der Waals surface area contributed by atoms with Gasteiger partial charge in [0.15, 0.2) is 5.76 Å². The van der Waals surface area contributed by atoms with E-state index in [0.29, 0.717) is 6.54 Å². The molecule has 0 unspecified atom stereocenters. The van der Waals surface area contributed by atoms with Crippen LogP contribution in [-0.4, -0.2) is 34.5 Å². The number of rotatable bonds is 5. The van der Waals surface area contributed by atoms with Gasteiger partial charge in [-0.3, -0.25) is 4.79 Å². The number of carboxylic acid groups (broad SMARTS) is 1. The van der Waals surface area contributed by atoms with E-state index in [-0.39, 0.29) is 29.9 Å². The molecule has 1 aliphatic rings. The Kier molecular flexibility index (Phi) is 3.33. The Labute approximate surface area is 103 Å². The highest BCUT2D eigenvalue weighted by molar-refractivity contribution is 5.93. The van der Waals surface area contributed by atoms with Crippen LogP contribution in [0.4, 0.5) is 0 Å². The summed E-state index contributed by atoms with van der Waals surface area (Å²) >= 11 is 0. The lowest BCUT2D eigenvalue weighted by Gasteiger charge is -2.19. The Morgan fingerprint density at radius 1 is 1.44 bits per heavy atom. The molecule has 6 heteroatoms. The number of hydrogen-bond donors (Lipinski definition) is 1. The van der Waals surface area contributed by atoms with E-state index in [1.54, 1.807) is 4.90 Å². The minimum atomic E-state index is -1.20. The van der Waals surface area contributed by atoms with Gasteiger partial charge >= 0.3 is 5.97 Å². The summed E-state index contributed by atoms with van der Waals surface area (Å²) < 4.78 is 4.97. The first kappa shape index (κ1) is 12.2. The molecule has 1 aromatic rings. The fourth-order valence-corrected chi connectivity index (χ4v) is 1.72. The fourth-order valence-electron chi connectivity index (χ4n) is 1.72. The van der Waals surface area contributed by atoms with Crippen LogP contribution in [0.3, 0.4) is 0 Å². The zero-order valence-corrected chi connectivity index (χ0v) is 9.63. The van der Waals surface area contributed by atoms with Gasteiger partial charge in [-0.1, -0.05) is 0 Å². The Bertz CT molecular complexity index is 510. The number of furan rings is 1. The lowest BCUT2D eigenvalue weighted by molar-refractivity contribution is 0.0648. The van der Waals surface area contributed by atoms with Crippen molar-refractivity contribution in [2.45, 2.75) is 25.3 Å². The maximum absolute atomic E-state index is 12.1. The van der Waals surface area contributed by atoms with E-state index in [2.05, 4.69) is 0 Å². The Hall–Kier alpha value is -2.29. The van der Waals surface area contributed by atoms with Crippen LogP contribution < -0.4 is 0 Å². The molecule has 18 heavy (non-hydrogen) atoms. The van der Waals surface area contributed by atoms with Crippen molar-refractivity contribution in [1.29, 1.82) is 5.26 Å². The number of carboxylic acids is 1. The minimum Gasteiger partial charge on any atom is -0.475 e. The highest BCUT2D eigenvalue weighted by Gasteiger charge is 2.34. The van der Waals surface area contributed by atoms with Crippen LogP contribution in [0.5, 0.6) is 0 Å². The van der Waals surface area contributed by atoms with Crippen molar-refractivity contribution in [2.75, 3.05) is 6.54 Å². The zero-order valence-electron chi connectivity index (χ0n) is 9.63. The van der Waals surface area contributed by atoms with E-state index in [0.717, 1.165) is 12.8 Å². The monoisotopic (exact) mass is 248 g/mol. The quantitative estimate of drug-likeness (QED) is 0.851. The van der Waals surface area contributed by atoms with E-state index in [1.165, 1.54) is 12.1 Å². The van der Waals surface area contributed by atoms with Gasteiger partial charge in [0.25, 0.3) is 5.91 Å². The van der Waals surface area contributed by atoms with Crippen LogP contribution in [0.25, 0.3) is 0 Å². The molecule has 0 aliphatic heterocycles. The largest absolute Gasteiger partial charge is 0.475 e. The van der Waals surface area contributed by atoms with Gasteiger partial charge in [0.1, 0.15) is 0 Å². The van der Waals surface area contributed by atoms with Gasteiger partial charge in [0, 0.05) is 12.6 Å². The number of carbonyl (C=O) groups excluding carboxylic acids is 1. The summed E-state index contributed by atoms with van der Waals surface area (Å²) in [6, 6.07) is 4.76.